The second kappa shape index (κ2) is 9.74. The highest BCUT2D eigenvalue weighted by atomic mass is 35.5. The topological polar surface area (TPSA) is 84.0 Å². The Hall–Kier alpha value is -2.20. The van der Waals surface area contributed by atoms with Crippen LogP contribution < -0.4 is 5.32 Å². The van der Waals surface area contributed by atoms with E-state index >= 15 is 0 Å². The Balaban J connectivity index is 1.37. The normalized spacial score (nSPS) is 17.7. The maximum Gasteiger partial charge on any atom is 0.322 e. The van der Waals surface area contributed by atoms with Crippen LogP contribution in [0.3, 0.4) is 0 Å². The van der Waals surface area contributed by atoms with E-state index in [1.807, 2.05) is 13.8 Å². The number of hydrogen-bond acceptors (Lipinski definition) is 6. The van der Waals surface area contributed by atoms with Gasteiger partial charge in [-0.25, -0.2) is 9.78 Å². The maximum atomic E-state index is 12.9. The van der Waals surface area contributed by atoms with Crippen LogP contribution in [0.2, 0.25) is 5.02 Å². The van der Waals surface area contributed by atoms with Gasteiger partial charge in [0, 0.05) is 48.1 Å². The lowest BCUT2D eigenvalue weighted by Crippen LogP contribution is -2.47. The van der Waals surface area contributed by atoms with E-state index < -0.39 is 5.79 Å². The molecule has 0 aliphatic carbocycles. The molecule has 0 saturated carbocycles. The molecular weight excluding hydrogens is 452 g/mol. The average molecular weight is 479 g/mol. The number of nitrogens with one attached hydrogen (secondary N) is 1. The molecule has 2 saturated heterocycles. The molecule has 0 unspecified atom stereocenters. The third kappa shape index (κ3) is 5.23. The van der Waals surface area contributed by atoms with Crippen LogP contribution in [0.25, 0.3) is 0 Å². The zero-order valence-corrected chi connectivity index (χ0v) is 19.7. The van der Waals surface area contributed by atoms with Crippen molar-refractivity contribution in [3.05, 3.63) is 45.4 Å². The lowest BCUT2D eigenvalue weighted by atomic mass is 10.0. The van der Waals surface area contributed by atoms with Gasteiger partial charge in [0.1, 0.15) is 10.7 Å². The molecule has 4 rings (SSSR count). The number of carbonyl (C=O) groups excluding carboxylic acids is 2. The number of rotatable bonds is 5. The Morgan fingerprint density at radius 1 is 1.28 bits per heavy atom. The fourth-order valence-corrected chi connectivity index (χ4v) is 4.83. The van der Waals surface area contributed by atoms with Crippen LogP contribution in [-0.2, 0) is 16.0 Å². The molecule has 2 fully saturated rings. The Bertz CT molecular complexity index is 966. The summed E-state index contributed by atoms with van der Waals surface area (Å²) in [6, 6.07) is 6.71. The Labute approximate surface area is 196 Å². The number of amides is 3. The van der Waals surface area contributed by atoms with E-state index in [9.17, 15) is 9.59 Å². The zero-order valence-electron chi connectivity index (χ0n) is 18.2. The number of thiazole rings is 1. The van der Waals surface area contributed by atoms with Crippen molar-refractivity contribution < 1.29 is 19.1 Å². The summed E-state index contributed by atoms with van der Waals surface area (Å²) in [5.74, 6) is -0.613. The first-order chi connectivity index (χ1) is 15.3. The quantitative estimate of drug-likeness (QED) is 0.695. The fourth-order valence-electron chi connectivity index (χ4n) is 3.88. The monoisotopic (exact) mass is 478 g/mol. The summed E-state index contributed by atoms with van der Waals surface area (Å²) in [6.07, 6.45) is 1.33. The largest absolute Gasteiger partial charge is 0.347 e. The molecule has 172 valence electrons. The molecule has 10 heteroatoms. The van der Waals surface area contributed by atoms with Crippen LogP contribution >= 0.6 is 22.9 Å². The molecule has 2 aromatic rings. The minimum absolute atomic E-state index is 0.0538. The van der Waals surface area contributed by atoms with Crippen molar-refractivity contribution in [3.8, 4) is 0 Å². The summed E-state index contributed by atoms with van der Waals surface area (Å²) < 4.78 is 11.5. The predicted octanol–water partition coefficient (Wildman–Crippen LogP) is 4.22. The van der Waals surface area contributed by atoms with Crippen molar-refractivity contribution in [3.63, 3.8) is 0 Å². The molecule has 2 aliphatic rings. The minimum atomic E-state index is -0.516. The number of ether oxygens (including phenoxy) is 2. The summed E-state index contributed by atoms with van der Waals surface area (Å²) in [5.41, 5.74) is 1.04. The lowest BCUT2D eigenvalue weighted by molar-refractivity contribution is -0.181. The third-order valence-electron chi connectivity index (χ3n) is 5.66. The molecule has 0 bridgehead atoms. The molecule has 8 nitrogen and oxygen atoms in total. The summed E-state index contributed by atoms with van der Waals surface area (Å²) in [4.78, 5) is 33.7. The van der Waals surface area contributed by atoms with E-state index in [1.165, 1.54) is 11.3 Å². The highest BCUT2D eigenvalue weighted by Crippen LogP contribution is 2.32. The number of benzene rings is 1. The second-order valence-corrected chi connectivity index (χ2v) is 9.57. The van der Waals surface area contributed by atoms with Gasteiger partial charge in [0.15, 0.2) is 5.79 Å². The molecule has 1 N–H and O–H groups in total. The van der Waals surface area contributed by atoms with Gasteiger partial charge in [-0.2, -0.15) is 0 Å². The lowest BCUT2D eigenvalue weighted by Gasteiger charge is -2.37. The van der Waals surface area contributed by atoms with Gasteiger partial charge < -0.3 is 24.6 Å². The SMILES string of the molecule is CC(C)N(Cc1nc(C(=O)N2CCC3(CC2)OCCO3)cs1)C(=O)Nc1cccc(Cl)c1. The van der Waals surface area contributed by atoms with Gasteiger partial charge in [-0.15, -0.1) is 11.3 Å². The number of likely N-dealkylation sites (tertiary alicyclic amines) is 1. The second-order valence-electron chi connectivity index (χ2n) is 8.19. The van der Waals surface area contributed by atoms with Crippen LogP contribution in [-0.4, -0.2) is 64.9 Å². The van der Waals surface area contributed by atoms with E-state index in [1.54, 1.807) is 39.4 Å². The van der Waals surface area contributed by atoms with Crippen LogP contribution in [0, 0.1) is 0 Å². The van der Waals surface area contributed by atoms with Crippen LogP contribution in [0.4, 0.5) is 10.5 Å². The van der Waals surface area contributed by atoms with Gasteiger partial charge in [-0.1, -0.05) is 17.7 Å². The average Bonchev–Trinajstić information content (AvgIpc) is 3.42. The minimum Gasteiger partial charge on any atom is -0.347 e. The predicted molar refractivity (Wildman–Crippen MR) is 123 cm³/mol. The van der Waals surface area contributed by atoms with Crippen molar-refractivity contribution in [2.45, 2.75) is 45.1 Å². The molecule has 1 aromatic carbocycles. The van der Waals surface area contributed by atoms with Crippen molar-refractivity contribution in [2.75, 3.05) is 31.6 Å². The number of halogens is 1. The number of nitrogens with zero attached hydrogens (tertiary/aromatic N) is 3. The summed E-state index contributed by atoms with van der Waals surface area (Å²) in [6.45, 7) is 6.56. The zero-order chi connectivity index (χ0) is 22.7. The van der Waals surface area contributed by atoms with Gasteiger partial charge in [0.05, 0.1) is 19.8 Å². The summed E-state index contributed by atoms with van der Waals surface area (Å²) >= 11 is 7.39. The molecule has 32 heavy (non-hydrogen) atoms. The first-order valence-corrected chi connectivity index (χ1v) is 12.0. The van der Waals surface area contributed by atoms with Crippen molar-refractivity contribution in [1.82, 2.24) is 14.8 Å². The molecule has 0 atom stereocenters. The number of hydrogen-bond donors (Lipinski definition) is 1. The maximum absolute atomic E-state index is 12.9. The molecule has 3 amide bonds. The van der Waals surface area contributed by atoms with E-state index in [2.05, 4.69) is 10.3 Å². The van der Waals surface area contributed by atoms with Gasteiger partial charge >= 0.3 is 6.03 Å². The van der Waals surface area contributed by atoms with Gasteiger partial charge in [0.2, 0.25) is 0 Å². The van der Waals surface area contributed by atoms with Crippen LogP contribution in [0.1, 0.15) is 42.2 Å². The molecular formula is C22H27ClN4O4S. The van der Waals surface area contributed by atoms with E-state index in [-0.39, 0.29) is 18.0 Å². The van der Waals surface area contributed by atoms with E-state index in [4.69, 9.17) is 21.1 Å². The number of urea groups is 1. The fraction of sp³-hybridized carbons (Fsp3) is 0.500. The van der Waals surface area contributed by atoms with Crippen molar-refractivity contribution in [2.24, 2.45) is 0 Å². The van der Waals surface area contributed by atoms with Gasteiger partial charge in [-0.3, -0.25) is 4.79 Å². The van der Waals surface area contributed by atoms with E-state index in [0.29, 0.717) is 67.1 Å². The number of anilines is 1. The summed E-state index contributed by atoms with van der Waals surface area (Å²) in [5, 5.41) is 5.89. The first kappa shape index (κ1) is 23.0. The van der Waals surface area contributed by atoms with Crippen LogP contribution in [0.15, 0.2) is 29.6 Å². The first-order valence-electron chi connectivity index (χ1n) is 10.7. The number of carbonyl (C=O) groups is 2. The highest BCUT2D eigenvalue weighted by Gasteiger charge is 2.41. The molecule has 1 spiro atoms. The highest BCUT2D eigenvalue weighted by molar-refractivity contribution is 7.09. The molecule has 3 heterocycles. The van der Waals surface area contributed by atoms with E-state index in [0.717, 1.165) is 0 Å². The number of aromatic nitrogens is 1. The Morgan fingerprint density at radius 3 is 2.66 bits per heavy atom. The van der Waals surface area contributed by atoms with Crippen molar-refractivity contribution >= 4 is 40.6 Å². The molecule has 2 aliphatic heterocycles. The standard InChI is InChI=1S/C22H27ClN4O4S/c1-15(2)27(21(29)24-17-5-3-4-16(23)12-17)13-19-25-18(14-32-19)20(28)26-8-6-22(7-9-26)30-10-11-31-22/h3-5,12,14-15H,6-11,13H2,1-2H3,(H,24,29). The van der Waals surface area contributed by atoms with Gasteiger partial charge in [-0.05, 0) is 32.0 Å². The number of piperidine rings is 1. The molecule has 0 radical (unpaired) electrons. The van der Waals surface area contributed by atoms with Crippen molar-refractivity contribution in [1.29, 1.82) is 0 Å². The van der Waals surface area contributed by atoms with Crippen LogP contribution in [0.5, 0.6) is 0 Å². The molecule has 1 aromatic heterocycles. The third-order valence-corrected chi connectivity index (χ3v) is 6.73. The Morgan fingerprint density at radius 2 is 2.00 bits per heavy atom. The Kier molecular flexibility index (Phi) is 6.99. The van der Waals surface area contributed by atoms with Gasteiger partial charge in [0.25, 0.3) is 5.91 Å². The smallest absolute Gasteiger partial charge is 0.322 e. The summed E-state index contributed by atoms with van der Waals surface area (Å²) in [7, 11) is 0.